The summed E-state index contributed by atoms with van der Waals surface area (Å²) in [6, 6.07) is 8.27. The van der Waals surface area contributed by atoms with Crippen molar-refractivity contribution >= 4 is 11.3 Å². The van der Waals surface area contributed by atoms with Crippen LogP contribution < -0.4 is 10.5 Å². The summed E-state index contributed by atoms with van der Waals surface area (Å²) in [6.07, 6.45) is 1.94. The lowest BCUT2D eigenvalue weighted by atomic mass is 9.97. The lowest BCUT2D eigenvalue weighted by Crippen LogP contribution is -2.18. The van der Waals surface area contributed by atoms with Gasteiger partial charge in [0.25, 0.3) is 0 Å². The number of para-hydroxylation sites is 1. The molecule has 0 bridgehead atoms. The first-order valence-corrected chi connectivity index (χ1v) is 7.46. The quantitative estimate of drug-likeness (QED) is 0.936. The molecule has 1 aliphatic heterocycles. The molecule has 2 heterocycles. The molecular weight excluding hydrogens is 256 g/mol. The van der Waals surface area contributed by atoms with Gasteiger partial charge in [0.2, 0.25) is 0 Å². The molecule has 1 aromatic heterocycles. The summed E-state index contributed by atoms with van der Waals surface area (Å²) < 4.78 is 5.84. The van der Waals surface area contributed by atoms with Crippen LogP contribution in [-0.4, -0.2) is 18.1 Å². The Morgan fingerprint density at radius 2 is 2.26 bits per heavy atom. The van der Waals surface area contributed by atoms with Crippen LogP contribution in [0.25, 0.3) is 0 Å². The fourth-order valence-electron chi connectivity index (χ4n) is 2.47. The van der Waals surface area contributed by atoms with Gasteiger partial charge in [0.15, 0.2) is 0 Å². The molecule has 100 valence electrons. The van der Waals surface area contributed by atoms with E-state index in [0.717, 1.165) is 30.9 Å². The van der Waals surface area contributed by atoms with E-state index in [-0.39, 0.29) is 0 Å². The number of hydrogen-bond donors (Lipinski definition) is 1. The van der Waals surface area contributed by atoms with Gasteiger partial charge >= 0.3 is 0 Å². The van der Waals surface area contributed by atoms with E-state index < -0.39 is 0 Å². The monoisotopic (exact) mass is 274 g/mol. The highest BCUT2D eigenvalue weighted by atomic mass is 32.1. The van der Waals surface area contributed by atoms with Crippen molar-refractivity contribution in [3.8, 4) is 5.75 Å². The van der Waals surface area contributed by atoms with Gasteiger partial charge in [-0.25, -0.2) is 4.98 Å². The molecule has 1 aliphatic rings. The van der Waals surface area contributed by atoms with Gasteiger partial charge in [-0.1, -0.05) is 18.2 Å². The fourth-order valence-corrected chi connectivity index (χ4v) is 3.64. The summed E-state index contributed by atoms with van der Waals surface area (Å²) in [5.41, 5.74) is 8.05. The van der Waals surface area contributed by atoms with Crippen molar-refractivity contribution in [2.24, 2.45) is 5.73 Å². The van der Waals surface area contributed by atoms with Gasteiger partial charge in [-0.05, 0) is 37.9 Å². The van der Waals surface area contributed by atoms with E-state index in [4.69, 9.17) is 15.5 Å². The van der Waals surface area contributed by atoms with Crippen LogP contribution in [0.5, 0.6) is 5.75 Å². The largest absolute Gasteiger partial charge is 0.493 e. The van der Waals surface area contributed by atoms with Gasteiger partial charge in [-0.15, -0.1) is 11.3 Å². The number of rotatable bonds is 3. The van der Waals surface area contributed by atoms with Crippen molar-refractivity contribution in [2.75, 3.05) is 13.2 Å². The second kappa shape index (κ2) is 5.31. The van der Waals surface area contributed by atoms with E-state index in [2.05, 4.69) is 19.1 Å². The normalized spacial score (nSPS) is 17.9. The van der Waals surface area contributed by atoms with Crippen molar-refractivity contribution < 1.29 is 4.74 Å². The van der Waals surface area contributed by atoms with Crippen LogP contribution in [0.15, 0.2) is 24.3 Å². The third-order valence-corrected chi connectivity index (χ3v) is 4.89. The summed E-state index contributed by atoms with van der Waals surface area (Å²) in [5.74, 6) is 1.40. The first kappa shape index (κ1) is 12.6. The minimum absolute atomic E-state index is 0.380. The van der Waals surface area contributed by atoms with Crippen molar-refractivity contribution in [2.45, 2.75) is 25.7 Å². The summed E-state index contributed by atoms with van der Waals surface area (Å²) in [4.78, 5) is 6.02. The maximum Gasteiger partial charge on any atom is 0.122 e. The number of nitrogens with two attached hydrogens (primary N) is 1. The lowest BCUT2D eigenvalue weighted by Gasteiger charge is -2.23. The van der Waals surface area contributed by atoms with Gasteiger partial charge in [-0.3, -0.25) is 0 Å². The third kappa shape index (κ3) is 2.51. The van der Waals surface area contributed by atoms with Gasteiger partial charge in [0.05, 0.1) is 17.3 Å². The average Bonchev–Trinajstić information content (AvgIpc) is 2.80. The molecule has 0 amide bonds. The zero-order valence-electron chi connectivity index (χ0n) is 11.1. The molecule has 0 aliphatic carbocycles. The fraction of sp³-hybridized carbons (Fsp3) is 0.400. The minimum atomic E-state index is 0.380. The molecular formula is C15H18N2OS. The van der Waals surface area contributed by atoms with Crippen molar-refractivity contribution in [1.82, 2.24) is 4.98 Å². The Kier molecular flexibility index (Phi) is 3.53. The molecule has 0 radical (unpaired) electrons. The van der Waals surface area contributed by atoms with Gasteiger partial charge in [0.1, 0.15) is 5.75 Å². The average molecular weight is 274 g/mol. The Labute approximate surface area is 117 Å². The number of ether oxygens (including phenoxy) is 1. The van der Waals surface area contributed by atoms with Crippen molar-refractivity contribution in [3.63, 3.8) is 0 Å². The Morgan fingerprint density at radius 3 is 3.11 bits per heavy atom. The predicted octanol–water partition coefficient (Wildman–Crippen LogP) is 2.67. The van der Waals surface area contributed by atoms with E-state index in [1.807, 2.05) is 12.1 Å². The number of fused-ring (bicyclic) bond motifs is 1. The zero-order chi connectivity index (χ0) is 13.2. The van der Waals surface area contributed by atoms with Crippen LogP contribution in [-0.2, 0) is 12.8 Å². The smallest absolute Gasteiger partial charge is 0.122 e. The Hall–Kier alpha value is -1.39. The SMILES string of the molecule is Cc1nc(C2COc3ccccc3C2)sc1CCN. The van der Waals surface area contributed by atoms with E-state index in [0.29, 0.717) is 12.5 Å². The van der Waals surface area contributed by atoms with Gasteiger partial charge in [-0.2, -0.15) is 0 Å². The van der Waals surface area contributed by atoms with Crippen molar-refractivity contribution in [1.29, 1.82) is 0 Å². The number of benzene rings is 1. The number of thiazole rings is 1. The Balaban J connectivity index is 1.83. The number of hydrogen-bond acceptors (Lipinski definition) is 4. The molecule has 3 nitrogen and oxygen atoms in total. The molecule has 0 saturated heterocycles. The summed E-state index contributed by atoms with van der Waals surface area (Å²) in [7, 11) is 0. The molecule has 1 atom stereocenters. The maximum atomic E-state index is 5.84. The molecule has 0 spiro atoms. The number of aromatic nitrogens is 1. The first-order valence-electron chi connectivity index (χ1n) is 6.65. The van der Waals surface area contributed by atoms with E-state index in [1.54, 1.807) is 11.3 Å². The molecule has 1 aromatic carbocycles. The molecule has 19 heavy (non-hydrogen) atoms. The first-order chi connectivity index (χ1) is 9.28. The van der Waals surface area contributed by atoms with Crippen molar-refractivity contribution in [3.05, 3.63) is 45.4 Å². The summed E-state index contributed by atoms with van der Waals surface area (Å²) in [6.45, 7) is 3.49. The molecule has 0 saturated carbocycles. The van der Waals surface area contributed by atoms with Crippen LogP contribution in [0.3, 0.4) is 0 Å². The maximum absolute atomic E-state index is 5.84. The van der Waals surface area contributed by atoms with Crippen LogP contribution in [0.4, 0.5) is 0 Å². The highest BCUT2D eigenvalue weighted by molar-refractivity contribution is 7.11. The molecule has 0 fully saturated rings. The highest BCUT2D eigenvalue weighted by Gasteiger charge is 2.24. The van der Waals surface area contributed by atoms with Crippen LogP contribution >= 0.6 is 11.3 Å². The van der Waals surface area contributed by atoms with Gasteiger partial charge in [0, 0.05) is 10.8 Å². The van der Waals surface area contributed by atoms with Crippen LogP contribution in [0.2, 0.25) is 0 Å². The number of aryl methyl sites for hydroxylation is 1. The molecule has 1 unspecified atom stereocenters. The second-order valence-electron chi connectivity index (χ2n) is 4.92. The second-order valence-corrected chi connectivity index (χ2v) is 6.03. The topological polar surface area (TPSA) is 48.1 Å². The minimum Gasteiger partial charge on any atom is -0.493 e. The molecule has 3 rings (SSSR count). The van der Waals surface area contributed by atoms with Crippen LogP contribution in [0, 0.1) is 6.92 Å². The van der Waals surface area contributed by atoms with E-state index in [9.17, 15) is 0 Å². The lowest BCUT2D eigenvalue weighted by molar-refractivity contribution is 0.262. The molecule has 2 aromatic rings. The predicted molar refractivity (Wildman–Crippen MR) is 78.0 cm³/mol. The Morgan fingerprint density at radius 1 is 1.42 bits per heavy atom. The third-order valence-electron chi connectivity index (χ3n) is 3.51. The standard InChI is InChI=1S/C15H18N2OS/c1-10-14(6-7-16)19-15(17-10)12-8-11-4-2-3-5-13(11)18-9-12/h2-5,12H,6-9,16H2,1H3. The molecule has 2 N–H and O–H groups in total. The van der Waals surface area contributed by atoms with Crippen LogP contribution in [0.1, 0.15) is 27.1 Å². The van der Waals surface area contributed by atoms with Gasteiger partial charge < -0.3 is 10.5 Å². The zero-order valence-corrected chi connectivity index (χ0v) is 11.9. The molecule has 4 heteroatoms. The van der Waals surface area contributed by atoms with E-state index in [1.165, 1.54) is 15.4 Å². The number of nitrogens with zero attached hydrogens (tertiary/aromatic N) is 1. The summed E-state index contributed by atoms with van der Waals surface area (Å²) >= 11 is 1.79. The summed E-state index contributed by atoms with van der Waals surface area (Å²) in [5, 5.41) is 1.19. The highest BCUT2D eigenvalue weighted by Crippen LogP contribution is 2.34. The van der Waals surface area contributed by atoms with E-state index >= 15 is 0 Å². The Bertz CT molecular complexity index is 579.